The van der Waals surface area contributed by atoms with E-state index in [1.165, 1.54) is 0 Å². The fourth-order valence-electron chi connectivity index (χ4n) is 1.84. The van der Waals surface area contributed by atoms with Gasteiger partial charge in [-0.3, -0.25) is 19.7 Å². The van der Waals surface area contributed by atoms with Crippen molar-refractivity contribution < 1.29 is 23.3 Å². The van der Waals surface area contributed by atoms with Gasteiger partial charge >= 0.3 is 0 Å². The van der Waals surface area contributed by atoms with E-state index in [1.54, 1.807) is 0 Å². The van der Waals surface area contributed by atoms with E-state index < -0.39 is 39.8 Å². The molecule has 0 spiro atoms. The van der Waals surface area contributed by atoms with Crippen LogP contribution in [-0.4, -0.2) is 23.3 Å². The lowest BCUT2D eigenvalue weighted by Gasteiger charge is -2.10. The summed E-state index contributed by atoms with van der Waals surface area (Å²) in [7, 11) is 0. The zero-order chi connectivity index (χ0) is 14.9. The van der Waals surface area contributed by atoms with Crippen LogP contribution in [0, 0.1) is 27.7 Å². The summed E-state index contributed by atoms with van der Waals surface area (Å²) in [5.41, 5.74) is -1.59. The average Bonchev–Trinajstić information content (AvgIpc) is 2.78. The summed E-state index contributed by atoms with van der Waals surface area (Å²) in [6, 6.07) is 0.942. The Bertz CT molecular complexity index is 606. The first-order valence-electron chi connectivity index (χ1n) is 5.59. The number of nitrogens with zero attached hydrogens (tertiary/aromatic N) is 1. The molecule has 1 aromatic carbocycles. The van der Waals surface area contributed by atoms with Gasteiger partial charge in [-0.1, -0.05) is 0 Å². The fraction of sp³-hybridized carbons (Fsp3) is 0.273. The lowest BCUT2D eigenvalue weighted by atomic mass is 10.1. The lowest BCUT2D eigenvalue weighted by Crippen LogP contribution is -2.25. The molecule has 1 saturated heterocycles. The van der Waals surface area contributed by atoms with E-state index in [2.05, 4.69) is 5.32 Å². The number of amides is 2. The monoisotopic (exact) mass is 285 g/mol. The molecule has 1 aliphatic heterocycles. The first kappa shape index (κ1) is 13.8. The van der Waals surface area contributed by atoms with Crippen LogP contribution in [0.3, 0.4) is 0 Å². The van der Waals surface area contributed by atoms with Crippen LogP contribution in [-0.2, 0) is 9.59 Å². The van der Waals surface area contributed by atoms with Gasteiger partial charge in [0.2, 0.25) is 11.8 Å². The van der Waals surface area contributed by atoms with Crippen LogP contribution in [0.25, 0.3) is 0 Å². The smallest absolute Gasteiger partial charge is 0.298 e. The van der Waals surface area contributed by atoms with Crippen LogP contribution in [0.5, 0.6) is 0 Å². The second-order valence-corrected chi connectivity index (χ2v) is 4.23. The third-order valence-corrected chi connectivity index (χ3v) is 2.83. The van der Waals surface area contributed by atoms with Crippen LogP contribution in [0.2, 0.25) is 0 Å². The van der Waals surface area contributed by atoms with E-state index in [4.69, 9.17) is 0 Å². The first-order chi connectivity index (χ1) is 9.38. The van der Waals surface area contributed by atoms with Crippen LogP contribution >= 0.6 is 0 Å². The van der Waals surface area contributed by atoms with Crippen molar-refractivity contribution in [2.45, 2.75) is 6.42 Å². The van der Waals surface area contributed by atoms with Gasteiger partial charge in [-0.05, 0) is 0 Å². The molecule has 2 rings (SSSR count). The summed E-state index contributed by atoms with van der Waals surface area (Å²) in [4.78, 5) is 32.5. The maximum Gasteiger partial charge on any atom is 0.298 e. The minimum Gasteiger partial charge on any atom is -0.355 e. The molecular weight excluding hydrogens is 276 g/mol. The van der Waals surface area contributed by atoms with E-state index in [-0.39, 0.29) is 18.9 Å². The van der Waals surface area contributed by atoms with Gasteiger partial charge < -0.3 is 10.6 Å². The third-order valence-electron chi connectivity index (χ3n) is 2.83. The molecule has 1 unspecified atom stereocenters. The lowest BCUT2D eigenvalue weighted by molar-refractivity contribution is -0.384. The molecule has 1 aromatic rings. The molecule has 20 heavy (non-hydrogen) atoms. The molecule has 1 fully saturated rings. The van der Waals surface area contributed by atoms with Crippen LogP contribution in [0.4, 0.5) is 20.2 Å². The van der Waals surface area contributed by atoms with Crippen molar-refractivity contribution in [3.63, 3.8) is 0 Å². The molecule has 0 bridgehead atoms. The standard InChI is InChI=1S/C11H9F2N3O4/c12-6-2-7(13)10(8(3-6)16(19)20)15-11(18)5-1-9(17)14-4-5/h2-3,5H,1,4H2,(H,14,17)(H,15,18). The van der Waals surface area contributed by atoms with Crippen molar-refractivity contribution in [3.05, 3.63) is 33.9 Å². The molecule has 106 valence electrons. The number of nitro benzene ring substituents is 1. The molecule has 7 nitrogen and oxygen atoms in total. The normalized spacial score (nSPS) is 17.7. The Hall–Kier alpha value is -2.58. The van der Waals surface area contributed by atoms with Gasteiger partial charge in [0.05, 0.1) is 16.9 Å². The number of halogens is 2. The highest BCUT2D eigenvalue weighted by Crippen LogP contribution is 2.29. The minimum absolute atomic E-state index is 0.0707. The largest absolute Gasteiger partial charge is 0.355 e. The number of hydrogen-bond donors (Lipinski definition) is 2. The van der Waals surface area contributed by atoms with Gasteiger partial charge in [0, 0.05) is 19.0 Å². The quantitative estimate of drug-likeness (QED) is 0.637. The summed E-state index contributed by atoms with van der Waals surface area (Å²) >= 11 is 0. The Morgan fingerprint density at radius 3 is 2.70 bits per heavy atom. The zero-order valence-electron chi connectivity index (χ0n) is 9.98. The minimum atomic E-state index is -1.25. The number of nitro groups is 1. The molecule has 9 heteroatoms. The Morgan fingerprint density at radius 1 is 1.45 bits per heavy atom. The molecule has 2 N–H and O–H groups in total. The van der Waals surface area contributed by atoms with Crippen LogP contribution in [0.1, 0.15) is 6.42 Å². The molecule has 0 radical (unpaired) electrons. The van der Waals surface area contributed by atoms with Gasteiger partial charge in [-0.25, -0.2) is 8.78 Å². The molecule has 2 amide bonds. The number of anilines is 1. The van der Waals surface area contributed by atoms with Crippen LogP contribution in [0.15, 0.2) is 12.1 Å². The van der Waals surface area contributed by atoms with Gasteiger partial charge in [0.25, 0.3) is 5.69 Å². The molecular formula is C11H9F2N3O4. The molecule has 0 aliphatic carbocycles. The fourth-order valence-corrected chi connectivity index (χ4v) is 1.84. The Morgan fingerprint density at radius 2 is 2.15 bits per heavy atom. The van der Waals surface area contributed by atoms with Gasteiger partial charge in [0.1, 0.15) is 5.82 Å². The second kappa shape index (κ2) is 5.19. The molecule has 0 aromatic heterocycles. The average molecular weight is 285 g/mol. The number of rotatable bonds is 3. The van der Waals surface area contributed by atoms with Crippen molar-refractivity contribution in [2.75, 3.05) is 11.9 Å². The van der Waals surface area contributed by atoms with Crippen molar-refractivity contribution in [2.24, 2.45) is 5.92 Å². The van der Waals surface area contributed by atoms with E-state index in [0.717, 1.165) is 0 Å². The Labute approximate surface area is 111 Å². The molecule has 1 atom stereocenters. The van der Waals surface area contributed by atoms with Gasteiger partial charge in [-0.2, -0.15) is 0 Å². The predicted octanol–water partition coefficient (Wildman–Crippen LogP) is 0.948. The predicted molar refractivity (Wildman–Crippen MR) is 62.8 cm³/mol. The summed E-state index contributed by atoms with van der Waals surface area (Å²) < 4.78 is 26.5. The Balaban J connectivity index is 2.26. The highest BCUT2D eigenvalue weighted by Gasteiger charge is 2.30. The molecule has 1 heterocycles. The van der Waals surface area contributed by atoms with Crippen molar-refractivity contribution in [1.29, 1.82) is 0 Å². The number of benzene rings is 1. The van der Waals surface area contributed by atoms with E-state index in [9.17, 15) is 28.5 Å². The summed E-state index contributed by atoms with van der Waals surface area (Å²) in [5.74, 6) is -4.19. The van der Waals surface area contributed by atoms with E-state index in [0.29, 0.717) is 12.1 Å². The van der Waals surface area contributed by atoms with Crippen molar-refractivity contribution in [3.8, 4) is 0 Å². The van der Waals surface area contributed by atoms with Gasteiger partial charge in [0.15, 0.2) is 11.5 Å². The maximum absolute atomic E-state index is 13.6. The van der Waals surface area contributed by atoms with E-state index >= 15 is 0 Å². The number of hydrogen-bond acceptors (Lipinski definition) is 4. The highest BCUT2D eigenvalue weighted by molar-refractivity contribution is 5.98. The summed E-state index contributed by atoms with van der Waals surface area (Å²) in [6.07, 6.45) is -0.0809. The summed E-state index contributed by atoms with van der Waals surface area (Å²) in [5, 5.41) is 15.2. The molecule has 1 aliphatic rings. The number of nitrogens with one attached hydrogen (secondary N) is 2. The summed E-state index contributed by atoms with van der Waals surface area (Å²) in [6.45, 7) is 0.0707. The van der Waals surface area contributed by atoms with Crippen LogP contribution < -0.4 is 10.6 Å². The van der Waals surface area contributed by atoms with Crippen molar-refractivity contribution >= 4 is 23.2 Å². The number of carbonyl (C=O) groups is 2. The zero-order valence-corrected chi connectivity index (χ0v) is 9.98. The maximum atomic E-state index is 13.6. The van der Waals surface area contributed by atoms with Crippen molar-refractivity contribution in [1.82, 2.24) is 5.32 Å². The Kier molecular flexibility index (Phi) is 3.59. The topological polar surface area (TPSA) is 101 Å². The van der Waals surface area contributed by atoms with E-state index in [1.807, 2.05) is 5.32 Å². The number of carbonyl (C=O) groups excluding carboxylic acids is 2. The third kappa shape index (κ3) is 2.71. The highest BCUT2D eigenvalue weighted by atomic mass is 19.1. The molecule has 0 saturated carbocycles. The SMILES string of the molecule is O=C1CC(C(=O)Nc2c(F)cc(F)cc2[N+](=O)[O-])CN1. The second-order valence-electron chi connectivity index (χ2n) is 4.23. The van der Waals surface area contributed by atoms with Gasteiger partial charge in [-0.15, -0.1) is 0 Å². The first-order valence-corrected chi connectivity index (χ1v) is 5.59.